The van der Waals surface area contributed by atoms with Gasteiger partial charge in [-0.15, -0.1) is 0 Å². The second-order valence-electron chi connectivity index (χ2n) is 3.91. The highest BCUT2D eigenvalue weighted by Gasteiger charge is 2.17. The zero-order chi connectivity index (χ0) is 10.7. The highest BCUT2D eigenvalue weighted by Crippen LogP contribution is 2.27. The number of carbonyl (C=O) groups excluding carboxylic acids is 1. The van der Waals surface area contributed by atoms with Crippen molar-refractivity contribution in [1.29, 1.82) is 0 Å². The van der Waals surface area contributed by atoms with Crippen LogP contribution in [0.25, 0.3) is 0 Å². The average Bonchev–Trinajstić information content (AvgIpc) is 2.18. The van der Waals surface area contributed by atoms with Crippen LogP contribution in [-0.4, -0.2) is 12.9 Å². The van der Waals surface area contributed by atoms with Gasteiger partial charge in [-0.2, -0.15) is 0 Å². The van der Waals surface area contributed by atoms with Crippen molar-refractivity contribution in [1.82, 2.24) is 0 Å². The second kappa shape index (κ2) is 4.43. The molecule has 0 spiro atoms. The van der Waals surface area contributed by atoms with Gasteiger partial charge in [0.15, 0.2) is 6.29 Å². The van der Waals surface area contributed by atoms with Gasteiger partial charge >= 0.3 is 0 Å². The molecule has 2 nitrogen and oxygen atoms in total. The Morgan fingerprint density at radius 1 is 1.47 bits per heavy atom. The van der Waals surface area contributed by atoms with Crippen LogP contribution in [0.1, 0.15) is 29.6 Å². The summed E-state index contributed by atoms with van der Waals surface area (Å²) >= 11 is 0. The van der Waals surface area contributed by atoms with E-state index < -0.39 is 5.82 Å². The zero-order valence-electron chi connectivity index (χ0n) is 8.41. The van der Waals surface area contributed by atoms with Crippen molar-refractivity contribution < 1.29 is 13.9 Å². The van der Waals surface area contributed by atoms with Crippen molar-refractivity contribution in [2.45, 2.75) is 19.3 Å². The molecule has 0 radical (unpaired) electrons. The second-order valence-corrected chi connectivity index (χ2v) is 3.91. The smallest absolute Gasteiger partial charge is 0.153 e. The van der Waals surface area contributed by atoms with Gasteiger partial charge in [0.2, 0.25) is 0 Å². The fourth-order valence-electron chi connectivity index (χ4n) is 1.58. The third-order valence-corrected chi connectivity index (χ3v) is 2.80. The average molecular weight is 208 g/mol. The first-order valence-corrected chi connectivity index (χ1v) is 5.17. The van der Waals surface area contributed by atoms with Gasteiger partial charge in [-0.25, -0.2) is 4.39 Å². The molecule has 2 rings (SSSR count). The van der Waals surface area contributed by atoms with Crippen molar-refractivity contribution >= 4 is 6.29 Å². The summed E-state index contributed by atoms with van der Waals surface area (Å²) in [5, 5.41) is 0. The molecule has 0 heterocycles. The molecule has 0 bridgehead atoms. The summed E-state index contributed by atoms with van der Waals surface area (Å²) < 4.78 is 18.4. The van der Waals surface area contributed by atoms with Crippen molar-refractivity contribution in [3.63, 3.8) is 0 Å². The van der Waals surface area contributed by atoms with Gasteiger partial charge in [0, 0.05) is 0 Å². The first kappa shape index (κ1) is 10.1. The molecular weight excluding hydrogens is 195 g/mol. The van der Waals surface area contributed by atoms with Crippen LogP contribution >= 0.6 is 0 Å². The van der Waals surface area contributed by atoms with E-state index in [9.17, 15) is 9.18 Å². The molecule has 0 aliphatic heterocycles. The van der Waals surface area contributed by atoms with Crippen LogP contribution in [0.15, 0.2) is 18.2 Å². The van der Waals surface area contributed by atoms with Crippen molar-refractivity contribution in [3.05, 3.63) is 29.6 Å². The fourth-order valence-corrected chi connectivity index (χ4v) is 1.58. The minimum atomic E-state index is -0.499. The highest BCUT2D eigenvalue weighted by atomic mass is 19.1. The Bertz CT molecular complexity index is 359. The SMILES string of the molecule is O=Cc1cc(OCC2CCC2)ccc1F. The number of benzene rings is 1. The molecule has 1 aromatic rings. The summed E-state index contributed by atoms with van der Waals surface area (Å²) in [4.78, 5) is 10.5. The lowest BCUT2D eigenvalue weighted by Crippen LogP contribution is -2.19. The van der Waals surface area contributed by atoms with E-state index in [4.69, 9.17) is 4.74 Å². The number of hydrogen-bond acceptors (Lipinski definition) is 2. The molecule has 0 aromatic heterocycles. The molecule has 80 valence electrons. The van der Waals surface area contributed by atoms with Gasteiger partial charge in [-0.1, -0.05) is 6.42 Å². The van der Waals surface area contributed by atoms with Crippen LogP contribution in [-0.2, 0) is 0 Å². The number of carbonyl (C=O) groups is 1. The van der Waals surface area contributed by atoms with E-state index >= 15 is 0 Å². The van der Waals surface area contributed by atoms with E-state index in [0.717, 1.165) is 0 Å². The summed E-state index contributed by atoms with van der Waals surface area (Å²) in [7, 11) is 0. The maximum atomic E-state index is 13.0. The monoisotopic (exact) mass is 208 g/mol. The Hall–Kier alpha value is -1.38. The molecule has 0 atom stereocenters. The molecule has 15 heavy (non-hydrogen) atoms. The number of halogens is 1. The van der Waals surface area contributed by atoms with E-state index in [1.807, 2.05) is 0 Å². The summed E-state index contributed by atoms with van der Waals surface area (Å²) in [5.41, 5.74) is 0.0566. The maximum absolute atomic E-state index is 13.0. The van der Waals surface area contributed by atoms with Gasteiger partial charge in [0.05, 0.1) is 12.2 Å². The molecule has 1 aliphatic carbocycles. The molecule has 0 amide bonds. The first-order chi connectivity index (χ1) is 7.29. The molecule has 0 N–H and O–H groups in total. The summed E-state index contributed by atoms with van der Waals surface area (Å²) in [6.07, 6.45) is 4.20. The van der Waals surface area contributed by atoms with E-state index in [2.05, 4.69) is 0 Å². The Kier molecular flexibility index (Phi) is 2.99. The first-order valence-electron chi connectivity index (χ1n) is 5.17. The van der Waals surface area contributed by atoms with Crippen LogP contribution in [0, 0.1) is 11.7 Å². The van der Waals surface area contributed by atoms with Crippen LogP contribution in [0.4, 0.5) is 4.39 Å². The molecule has 1 aromatic carbocycles. The van der Waals surface area contributed by atoms with Crippen LogP contribution in [0.2, 0.25) is 0 Å². The Balaban J connectivity index is 1.98. The number of rotatable bonds is 4. The maximum Gasteiger partial charge on any atom is 0.153 e. The third-order valence-electron chi connectivity index (χ3n) is 2.80. The molecule has 0 unspecified atom stereocenters. The van der Waals surface area contributed by atoms with Gasteiger partial charge < -0.3 is 4.74 Å². The lowest BCUT2D eigenvalue weighted by atomic mass is 9.86. The van der Waals surface area contributed by atoms with Crippen molar-refractivity contribution in [3.8, 4) is 5.75 Å². The van der Waals surface area contributed by atoms with Gasteiger partial charge in [-0.3, -0.25) is 4.79 Å². The summed E-state index contributed by atoms with van der Waals surface area (Å²) in [5.74, 6) is 0.709. The zero-order valence-corrected chi connectivity index (χ0v) is 8.41. The topological polar surface area (TPSA) is 26.3 Å². The molecule has 1 fully saturated rings. The van der Waals surface area contributed by atoms with Gasteiger partial charge in [-0.05, 0) is 37.0 Å². The number of aldehydes is 1. The van der Waals surface area contributed by atoms with Gasteiger partial charge in [0.25, 0.3) is 0 Å². The third kappa shape index (κ3) is 2.35. The standard InChI is InChI=1S/C12H13FO2/c13-12-5-4-11(6-10(12)7-14)15-8-9-2-1-3-9/h4-7,9H,1-3,8H2. The van der Waals surface area contributed by atoms with Crippen LogP contribution in [0.5, 0.6) is 5.75 Å². The van der Waals surface area contributed by atoms with Gasteiger partial charge in [0.1, 0.15) is 11.6 Å². The minimum absolute atomic E-state index is 0.0566. The molecule has 1 aliphatic rings. The van der Waals surface area contributed by atoms with Crippen LogP contribution in [0.3, 0.4) is 0 Å². The molecule has 1 saturated carbocycles. The van der Waals surface area contributed by atoms with Crippen LogP contribution < -0.4 is 4.74 Å². The largest absolute Gasteiger partial charge is 0.493 e. The lowest BCUT2D eigenvalue weighted by molar-refractivity contribution is 0.111. The quantitative estimate of drug-likeness (QED) is 0.711. The molecule has 0 saturated heterocycles. The molecule has 3 heteroatoms. The fraction of sp³-hybridized carbons (Fsp3) is 0.417. The Morgan fingerprint density at radius 2 is 2.27 bits per heavy atom. The minimum Gasteiger partial charge on any atom is -0.493 e. The summed E-state index contributed by atoms with van der Waals surface area (Å²) in [6, 6.07) is 4.27. The van der Waals surface area contributed by atoms with Crippen molar-refractivity contribution in [2.75, 3.05) is 6.61 Å². The van der Waals surface area contributed by atoms with E-state index in [1.54, 1.807) is 6.07 Å². The number of ether oxygens (including phenoxy) is 1. The summed E-state index contributed by atoms with van der Waals surface area (Å²) in [6.45, 7) is 0.671. The Morgan fingerprint density at radius 3 is 2.87 bits per heavy atom. The Labute approximate surface area is 88.1 Å². The normalized spacial score (nSPS) is 15.8. The van der Waals surface area contributed by atoms with E-state index in [1.165, 1.54) is 31.4 Å². The predicted molar refractivity (Wildman–Crippen MR) is 54.6 cm³/mol. The van der Waals surface area contributed by atoms with E-state index in [0.29, 0.717) is 24.6 Å². The lowest BCUT2D eigenvalue weighted by Gasteiger charge is -2.25. The van der Waals surface area contributed by atoms with Crippen molar-refractivity contribution in [2.24, 2.45) is 5.92 Å². The number of hydrogen-bond donors (Lipinski definition) is 0. The highest BCUT2D eigenvalue weighted by molar-refractivity contribution is 5.75. The predicted octanol–water partition coefficient (Wildman–Crippen LogP) is 2.82. The molecular formula is C12H13FO2. The van der Waals surface area contributed by atoms with E-state index in [-0.39, 0.29) is 5.56 Å².